The summed E-state index contributed by atoms with van der Waals surface area (Å²) in [5.74, 6) is 0. The molecule has 49 heavy (non-hydrogen) atoms. The first-order valence-corrected chi connectivity index (χ1v) is 14.8. The Labute approximate surface area is 294 Å². The maximum Gasteiger partial charge on any atom is 0.416 e. The number of nitrogens with zero attached hydrogens (tertiary/aromatic N) is 3. The third-order valence-corrected chi connectivity index (χ3v) is 6.66. The van der Waals surface area contributed by atoms with Crippen LogP contribution in [-0.2, 0) is 16.8 Å². The van der Waals surface area contributed by atoms with Gasteiger partial charge in [-0.15, -0.1) is 0 Å². The summed E-state index contributed by atoms with van der Waals surface area (Å²) < 4.78 is 0. The van der Waals surface area contributed by atoms with Crippen LogP contribution in [-0.4, -0.2) is 33.6 Å². The van der Waals surface area contributed by atoms with E-state index in [2.05, 4.69) is 0 Å². The standard InChI is InChI=1S/3C13H11NO2.Co/c3*15-13(16)14(11-7-3-1-4-8-11)12-9-5-2-6-10-12;/h3*1-10H,(H,15,16);. The van der Waals surface area contributed by atoms with Gasteiger partial charge in [0.1, 0.15) is 0 Å². The van der Waals surface area contributed by atoms with E-state index in [1.165, 1.54) is 14.7 Å². The molecule has 0 aliphatic carbocycles. The molecule has 10 heteroatoms. The van der Waals surface area contributed by atoms with Crippen LogP contribution >= 0.6 is 0 Å². The number of para-hydroxylation sites is 6. The van der Waals surface area contributed by atoms with E-state index >= 15 is 0 Å². The van der Waals surface area contributed by atoms with Gasteiger partial charge in [0.25, 0.3) is 0 Å². The first kappa shape index (κ1) is 37.1. The van der Waals surface area contributed by atoms with Gasteiger partial charge in [-0.1, -0.05) is 109 Å². The molecule has 0 bridgehead atoms. The molecule has 6 aromatic carbocycles. The summed E-state index contributed by atoms with van der Waals surface area (Å²) in [6, 6.07) is 54.1. The topological polar surface area (TPSA) is 122 Å². The van der Waals surface area contributed by atoms with Gasteiger partial charge in [-0.2, -0.15) is 0 Å². The number of anilines is 6. The van der Waals surface area contributed by atoms with Gasteiger partial charge < -0.3 is 15.3 Å². The van der Waals surface area contributed by atoms with Crippen LogP contribution in [0.1, 0.15) is 0 Å². The van der Waals surface area contributed by atoms with Crippen LogP contribution in [0.3, 0.4) is 0 Å². The van der Waals surface area contributed by atoms with Crippen molar-refractivity contribution in [2.24, 2.45) is 0 Å². The first-order chi connectivity index (χ1) is 23.4. The Hall–Kier alpha value is -6.36. The Kier molecular flexibility index (Phi) is 14.6. The fourth-order valence-corrected chi connectivity index (χ4v) is 4.57. The van der Waals surface area contributed by atoms with Crippen molar-refractivity contribution in [3.8, 4) is 0 Å². The molecule has 6 rings (SSSR count). The molecule has 0 fully saturated rings. The minimum atomic E-state index is -0.989. The summed E-state index contributed by atoms with van der Waals surface area (Å²) in [6.45, 7) is 0. The minimum absolute atomic E-state index is 0. The van der Waals surface area contributed by atoms with Crippen molar-refractivity contribution in [2.45, 2.75) is 0 Å². The van der Waals surface area contributed by atoms with E-state index in [9.17, 15) is 29.7 Å². The minimum Gasteiger partial charge on any atom is -0.464 e. The van der Waals surface area contributed by atoms with Crippen molar-refractivity contribution in [3.63, 3.8) is 0 Å². The Morgan fingerprint density at radius 3 is 0.510 bits per heavy atom. The van der Waals surface area contributed by atoms with E-state index in [1.54, 1.807) is 72.8 Å². The van der Waals surface area contributed by atoms with Crippen molar-refractivity contribution < 1.29 is 46.5 Å². The fraction of sp³-hybridized carbons (Fsp3) is 0. The van der Waals surface area contributed by atoms with Crippen molar-refractivity contribution in [1.29, 1.82) is 0 Å². The Bertz CT molecular complexity index is 1510. The summed E-state index contributed by atoms with van der Waals surface area (Å²) in [5, 5.41) is 27.6. The first-order valence-electron chi connectivity index (χ1n) is 14.8. The summed E-state index contributed by atoms with van der Waals surface area (Å²) in [4.78, 5) is 37.4. The quantitative estimate of drug-likeness (QED) is 0.159. The smallest absolute Gasteiger partial charge is 0.416 e. The van der Waals surface area contributed by atoms with Gasteiger partial charge in [0, 0.05) is 16.8 Å². The zero-order valence-corrected chi connectivity index (χ0v) is 27.1. The molecular formula is C39H33CoN3O6. The molecule has 249 valence electrons. The molecule has 0 atom stereocenters. The molecule has 3 N–H and O–H groups in total. The second kappa shape index (κ2) is 19.3. The normalized spacial score (nSPS) is 9.55. The maximum atomic E-state index is 11.2. The van der Waals surface area contributed by atoms with E-state index in [-0.39, 0.29) is 16.8 Å². The Morgan fingerprint density at radius 2 is 0.408 bits per heavy atom. The molecule has 3 amide bonds. The molecule has 0 spiro atoms. The largest absolute Gasteiger partial charge is 0.464 e. The predicted octanol–water partition coefficient (Wildman–Crippen LogP) is 10.5. The van der Waals surface area contributed by atoms with E-state index in [4.69, 9.17) is 0 Å². The van der Waals surface area contributed by atoms with Gasteiger partial charge in [0.2, 0.25) is 0 Å². The zero-order chi connectivity index (χ0) is 34.1. The number of benzene rings is 6. The van der Waals surface area contributed by atoms with Crippen molar-refractivity contribution >= 4 is 52.4 Å². The number of carboxylic acid groups (broad SMARTS) is 3. The van der Waals surface area contributed by atoms with Crippen molar-refractivity contribution in [1.82, 2.24) is 0 Å². The third kappa shape index (κ3) is 10.9. The molecule has 0 aliphatic rings. The summed E-state index contributed by atoms with van der Waals surface area (Å²) in [5.41, 5.74) is 3.84. The van der Waals surface area contributed by atoms with Crippen LogP contribution in [0.25, 0.3) is 0 Å². The van der Waals surface area contributed by atoms with E-state index in [0.717, 1.165) is 0 Å². The van der Waals surface area contributed by atoms with Crippen LogP contribution in [0.4, 0.5) is 48.5 Å². The van der Waals surface area contributed by atoms with Gasteiger partial charge in [-0.05, 0) is 72.8 Å². The van der Waals surface area contributed by atoms with Crippen molar-refractivity contribution in [2.75, 3.05) is 14.7 Å². The maximum absolute atomic E-state index is 11.2. The monoisotopic (exact) mass is 698 g/mol. The molecule has 0 unspecified atom stereocenters. The van der Waals surface area contributed by atoms with E-state index in [0.29, 0.717) is 34.1 Å². The van der Waals surface area contributed by atoms with Crippen molar-refractivity contribution in [3.05, 3.63) is 182 Å². The number of amides is 3. The molecule has 0 aromatic heterocycles. The average Bonchev–Trinajstić information content (AvgIpc) is 3.12. The third-order valence-electron chi connectivity index (χ3n) is 6.66. The molecule has 0 aliphatic heterocycles. The molecule has 6 aromatic rings. The van der Waals surface area contributed by atoms with Gasteiger partial charge >= 0.3 is 18.3 Å². The number of hydrogen-bond acceptors (Lipinski definition) is 3. The summed E-state index contributed by atoms with van der Waals surface area (Å²) >= 11 is 0. The SMILES string of the molecule is O=C(O)N(c1ccccc1)c1ccccc1.O=C(O)N(c1ccccc1)c1ccccc1.O=C(O)N(c1ccccc1)c1ccccc1.[Co]. The number of hydrogen-bond donors (Lipinski definition) is 3. The van der Waals surface area contributed by atoms with Crippen LogP contribution in [0.15, 0.2) is 182 Å². The predicted molar refractivity (Wildman–Crippen MR) is 189 cm³/mol. The van der Waals surface area contributed by atoms with Crippen LogP contribution in [0.5, 0.6) is 0 Å². The van der Waals surface area contributed by atoms with Gasteiger partial charge in [0.15, 0.2) is 0 Å². The Balaban J connectivity index is 0.000000197. The number of carbonyl (C=O) groups is 3. The molecular weight excluding hydrogens is 665 g/mol. The molecule has 0 saturated carbocycles. The van der Waals surface area contributed by atoms with Crippen LogP contribution in [0.2, 0.25) is 0 Å². The van der Waals surface area contributed by atoms with Gasteiger partial charge in [-0.3, -0.25) is 0 Å². The Morgan fingerprint density at radius 1 is 0.286 bits per heavy atom. The van der Waals surface area contributed by atoms with Crippen LogP contribution < -0.4 is 14.7 Å². The number of rotatable bonds is 6. The molecule has 0 heterocycles. The second-order valence-electron chi connectivity index (χ2n) is 9.87. The van der Waals surface area contributed by atoms with Gasteiger partial charge in [-0.25, -0.2) is 29.1 Å². The summed E-state index contributed by atoms with van der Waals surface area (Å²) in [6.07, 6.45) is -2.97. The molecule has 1 radical (unpaired) electrons. The van der Waals surface area contributed by atoms with E-state index in [1.807, 2.05) is 109 Å². The zero-order valence-electron chi connectivity index (χ0n) is 26.1. The van der Waals surface area contributed by atoms with Gasteiger partial charge in [0.05, 0.1) is 34.1 Å². The van der Waals surface area contributed by atoms with E-state index < -0.39 is 18.3 Å². The van der Waals surface area contributed by atoms with Crippen LogP contribution in [0, 0.1) is 0 Å². The molecule has 0 saturated heterocycles. The fourth-order valence-electron chi connectivity index (χ4n) is 4.57. The average molecular weight is 699 g/mol. The molecule has 9 nitrogen and oxygen atoms in total. The summed E-state index contributed by atoms with van der Waals surface area (Å²) in [7, 11) is 0. The second-order valence-corrected chi connectivity index (χ2v) is 9.87.